The van der Waals surface area contributed by atoms with Gasteiger partial charge in [-0.2, -0.15) is 0 Å². The topological polar surface area (TPSA) is 0 Å². The maximum Gasteiger partial charge on any atom is 0.152 e. The summed E-state index contributed by atoms with van der Waals surface area (Å²) in [5.41, 5.74) is 0. The van der Waals surface area contributed by atoms with Crippen molar-refractivity contribution < 1.29 is 0 Å². The number of unbranched alkanes of at least 4 members (excludes halogenated alkanes) is 3. The van der Waals surface area contributed by atoms with Crippen LogP contribution in [-0.2, 0) is 0 Å². The van der Waals surface area contributed by atoms with Crippen LogP contribution in [0.1, 0.15) is 32.6 Å². The molecule has 0 saturated heterocycles. The van der Waals surface area contributed by atoms with Crippen molar-refractivity contribution in [1.29, 1.82) is 0 Å². The van der Waals surface area contributed by atoms with Crippen LogP contribution in [0.5, 0.6) is 0 Å². The minimum atomic E-state index is -0.205. The molecule has 62 valence electrons. The summed E-state index contributed by atoms with van der Waals surface area (Å²) in [7, 11) is 2.20. The standard InChI is InChI=1S/C8H21BS/c1-4-5-6-7-8-10(2,3)9/h4-9H2,1-3H3. The summed E-state index contributed by atoms with van der Waals surface area (Å²) in [6.45, 7) is 2.27. The van der Waals surface area contributed by atoms with Gasteiger partial charge in [-0.3, -0.25) is 9.88 Å². The molecule has 0 aromatic heterocycles. The molecule has 0 N–H and O–H groups in total. The highest BCUT2D eigenvalue weighted by molar-refractivity contribution is 8.49. The van der Waals surface area contributed by atoms with Gasteiger partial charge in [0.2, 0.25) is 0 Å². The highest BCUT2D eigenvalue weighted by atomic mass is 32.3. The summed E-state index contributed by atoms with van der Waals surface area (Å²) in [4.78, 5) is 0. The molecule has 0 fully saturated rings. The Labute approximate surface area is 68.4 Å². The fourth-order valence-corrected chi connectivity index (χ4v) is 2.03. The van der Waals surface area contributed by atoms with E-state index in [4.69, 9.17) is 0 Å². The summed E-state index contributed by atoms with van der Waals surface area (Å²) in [5.74, 6) is 1.47. The van der Waals surface area contributed by atoms with Crippen molar-refractivity contribution in [3.63, 3.8) is 0 Å². The molecule has 0 amide bonds. The zero-order valence-corrected chi connectivity index (χ0v) is 8.76. The van der Waals surface area contributed by atoms with E-state index in [9.17, 15) is 0 Å². The monoisotopic (exact) mass is 160 g/mol. The third-order valence-corrected chi connectivity index (χ3v) is 3.12. The van der Waals surface area contributed by atoms with Gasteiger partial charge < -0.3 is 0 Å². The van der Waals surface area contributed by atoms with E-state index in [1.807, 2.05) is 0 Å². The van der Waals surface area contributed by atoms with Crippen LogP contribution in [0.15, 0.2) is 0 Å². The third kappa shape index (κ3) is 8.41. The first-order valence-electron chi connectivity index (χ1n) is 4.22. The SMILES string of the molecule is BS(C)(C)CCCCCC. The molecule has 0 spiro atoms. The van der Waals surface area contributed by atoms with Gasteiger partial charge in [0, 0.05) is 0 Å². The zero-order chi connectivity index (χ0) is 8.04. The first-order valence-corrected chi connectivity index (χ1v) is 7.25. The Morgan fingerprint density at radius 2 is 1.70 bits per heavy atom. The quantitative estimate of drug-likeness (QED) is 0.427. The predicted molar refractivity (Wildman–Crippen MR) is 57.0 cm³/mol. The van der Waals surface area contributed by atoms with E-state index < -0.39 is 0 Å². The summed E-state index contributed by atoms with van der Waals surface area (Å²) in [5, 5.41) is 0. The second-order valence-corrected chi connectivity index (χ2v) is 8.45. The molecule has 0 atom stereocenters. The molecule has 0 aromatic carbocycles. The van der Waals surface area contributed by atoms with Crippen molar-refractivity contribution in [2.45, 2.75) is 32.6 Å². The Hall–Kier alpha value is 0.415. The fourth-order valence-electron chi connectivity index (χ4n) is 0.962. The van der Waals surface area contributed by atoms with Gasteiger partial charge in [-0.15, -0.1) is 0 Å². The van der Waals surface area contributed by atoms with Gasteiger partial charge in [0.05, 0.1) is 0 Å². The van der Waals surface area contributed by atoms with Crippen molar-refractivity contribution >= 4 is 17.0 Å². The first-order chi connectivity index (χ1) is 4.56. The fraction of sp³-hybridized carbons (Fsp3) is 1.00. The number of rotatable bonds is 5. The molecule has 0 aliphatic heterocycles. The van der Waals surface area contributed by atoms with Gasteiger partial charge in [-0.1, -0.05) is 26.2 Å². The van der Waals surface area contributed by atoms with E-state index in [-0.39, 0.29) is 9.88 Å². The minimum Gasteiger partial charge on any atom is -0.283 e. The van der Waals surface area contributed by atoms with Crippen LogP contribution in [0, 0.1) is 0 Å². The van der Waals surface area contributed by atoms with Crippen molar-refractivity contribution in [2.24, 2.45) is 0 Å². The van der Waals surface area contributed by atoms with Gasteiger partial charge in [0.1, 0.15) is 0 Å². The molecular weight excluding hydrogens is 139 g/mol. The summed E-state index contributed by atoms with van der Waals surface area (Å²) < 4.78 is 0. The third-order valence-electron chi connectivity index (χ3n) is 1.61. The van der Waals surface area contributed by atoms with Crippen molar-refractivity contribution in [2.75, 3.05) is 18.3 Å². The maximum atomic E-state index is 2.40. The number of hydrogen-bond acceptors (Lipinski definition) is 0. The Bertz CT molecular complexity index is 75.8. The predicted octanol–water partition coefficient (Wildman–Crippen LogP) is 2.18. The smallest absolute Gasteiger partial charge is 0.152 e. The van der Waals surface area contributed by atoms with Crippen LogP contribution in [0.2, 0.25) is 0 Å². The van der Waals surface area contributed by atoms with Crippen LogP contribution in [0.4, 0.5) is 0 Å². The molecule has 0 unspecified atom stereocenters. The molecule has 0 heterocycles. The molecular formula is C8H21BS. The highest BCUT2D eigenvalue weighted by Crippen LogP contribution is 2.34. The first kappa shape index (κ1) is 10.4. The normalized spacial score (nSPS) is 13.5. The van der Waals surface area contributed by atoms with Gasteiger partial charge >= 0.3 is 0 Å². The summed E-state index contributed by atoms with van der Waals surface area (Å²) in [6, 6.07) is 0. The molecule has 0 aliphatic carbocycles. The molecule has 2 heteroatoms. The Morgan fingerprint density at radius 1 is 1.10 bits per heavy atom. The molecule has 0 nitrogen and oxygen atoms in total. The Balaban J connectivity index is 3.04. The van der Waals surface area contributed by atoms with E-state index in [1.54, 1.807) is 0 Å². The van der Waals surface area contributed by atoms with Crippen LogP contribution >= 0.6 is 9.88 Å². The van der Waals surface area contributed by atoms with Crippen LogP contribution in [0.3, 0.4) is 0 Å². The maximum absolute atomic E-state index is 2.40. The van der Waals surface area contributed by atoms with E-state index >= 15 is 0 Å². The summed E-state index contributed by atoms with van der Waals surface area (Å²) in [6.07, 6.45) is 10.5. The lowest BCUT2D eigenvalue weighted by Gasteiger charge is -2.24. The lowest BCUT2D eigenvalue weighted by molar-refractivity contribution is 0.706. The van der Waals surface area contributed by atoms with Gasteiger partial charge in [-0.25, -0.2) is 0 Å². The largest absolute Gasteiger partial charge is 0.283 e. The van der Waals surface area contributed by atoms with E-state index in [1.165, 1.54) is 31.4 Å². The zero-order valence-electron chi connectivity index (χ0n) is 7.94. The number of hydrogen-bond donors (Lipinski definition) is 0. The second kappa shape index (κ2) is 5.12. The van der Waals surface area contributed by atoms with E-state index in [0.29, 0.717) is 0 Å². The molecule has 0 aliphatic rings. The molecule has 0 bridgehead atoms. The Morgan fingerprint density at radius 3 is 2.10 bits per heavy atom. The molecule has 0 aromatic rings. The Kier molecular flexibility index (Phi) is 5.33. The summed E-state index contributed by atoms with van der Waals surface area (Å²) >= 11 is 0. The van der Waals surface area contributed by atoms with Crippen LogP contribution in [-0.4, -0.2) is 25.4 Å². The van der Waals surface area contributed by atoms with Crippen LogP contribution < -0.4 is 0 Å². The van der Waals surface area contributed by atoms with Gasteiger partial charge in [0.25, 0.3) is 0 Å². The minimum absolute atomic E-state index is 0.205. The molecule has 0 rings (SSSR count). The lowest BCUT2D eigenvalue weighted by Crippen LogP contribution is -1.99. The highest BCUT2D eigenvalue weighted by Gasteiger charge is 2.01. The molecule has 0 radical (unpaired) electrons. The van der Waals surface area contributed by atoms with E-state index in [2.05, 4.69) is 26.6 Å². The van der Waals surface area contributed by atoms with Crippen molar-refractivity contribution in [3.05, 3.63) is 0 Å². The van der Waals surface area contributed by atoms with Gasteiger partial charge in [-0.05, 0) is 24.7 Å². The van der Waals surface area contributed by atoms with Crippen molar-refractivity contribution in [1.82, 2.24) is 0 Å². The van der Waals surface area contributed by atoms with E-state index in [0.717, 1.165) is 0 Å². The molecule has 0 saturated carbocycles. The average Bonchev–Trinajstić information content (AvgIpc) is 1.78. The van der Waals surface area contributed by atoms with Gasteiger partial charge in [0.15, 0.2) is 7.12 Å². The second-order valence-electron chi connectivity index (χ2n) is 3.86. The molecule has 10 heavy (non-hydrogen) atoms. The average molecular weight is 160 g/mol. The van der Waals surface area contributed by atoms with Crippen molar-refractivity contribution in [3.8, 4) is 0 Å². The lowest BCUT2D eigenvalue weighted by atomic mass is 10.2. The van der Waals surface area contributed by atoms with Crippen LogP contribution in [0.25, 0.3) is 0 Å².